The van der Waals surface area contributed by atoms with E-state index in [1.165, 1.54) is 18.2 Å². The van der Waals surface area contributed by atoms with Crippen LogP contribution in [0.1, 0.15) is 15.9 Å². The average molecular weight is 415 g/mol. The number of amides is 1. The number of halogens is 2. The Labute approximate surface area is 137 Å². The predicted octanol–water partition coefficient (Wildman–Crippen LogP) is 4.08. The van der Waals surface area contributed by atoms with Gasteiger partial charge >= 0.3 is 0 Å². The second-order valence-corrected chi connectivity index (χ2v) is 5.90. The largest absolute Gasteiger partial charge is 0.307 e. The summed E-state index contributed by atoms with van der Waals surface area (Å²) >= 11 is 6.39. The Hall–Kier alpha value is -1.80. The lowest BCUT2D eigenvalue weighted by molar-refractivity contribution is -0.385. The molecule has 1 amide bonds. The number of nitrogens with zero attached hydrogens (tertiary/aromatic N) is 2. The first-order valence-electron chi connectivity index (χ1n) is 5.76. The van der Waals surface area contributed by atoms with Crippen LogP contribution in [0, 0.1) is 17.0 Å². The van der Waals surface area contributed by atoms with Crippen LogP contribution in [0.3, 0.4) is 0 Å². The summed E-state index contributed by atoms with van der Waals surface area (Å²) in [6.07, 6.45) is 1.58. The third-order valence-electron chi connectivity index (χ3n) is 2.69. The molecule has 0 atom stereocenters. The van der Waals surface area contributed by atoms with Crippen molar-refractivity contribution in [2.75, 3.05) is 5.32 Å². The molecule has 0 saturated carbocycles. The van der Waals surface area contributed by atoms with Gasteiger partial charge in [0.05, 0.1) is 9.40 Å². The number of aromatic nitrogens is 1. The van der Waals surface area contributed by atoms with Gasteiger partial charge < -0.3 is 5.32 Å². The zero-order valence-corrected chi connectivity index (χ0v) is 13.9. The summed E-state index contributed by atoms with van der Waals surface area (Å²) in [5.41, 5.74) is 0.942. The third kappa shape index (κ3) is 3.64. The molecule has 0 aliphatic carbocycles. The molecule has 8 heteroatoms. The second-order valence-electron chi connectivity index (χ2n) is 4.20. The van der Waals surface area contributed by atoms with Gasteiger partial charge in [0.2, 0.25) is 0 Å². The summed E-state index contributed by atoms with van der Waals surface area (Å²) in [7, 11) is 0. The SMILES string of the molecule is Cc1cc(NC(=O)c2ccc(Br)c([N+](=O)[O-])c2)ncc1Br. The predicted molar refractivity (Wildman–Crippen MR) is 85.4 cm³/mol. The van der Waals surface area contributed by atoms with Gasteiger partial charge in [-0.3, -0.25) is 14.9 Å². The second kappa shape index (κ2) is 6.31. The molecule has 1 heterocycles. The van der Waals surface area contributed by atoms with Crippen molar-refractivity contribution in [1.82, 2.24) is 4.98 Å². The van der Waals surface area contributed by atoms with E-state index >= 15 is 0 Å². The van der Waals surface area contributed by atoms with E-state index in [4.69, 9.17) is 0 Å². The van der Waals surface area contributed by atoms with Gasteiger partial charge in [-0.15, -0.1) is 0 Å². The monoisotopic (exact) mass is 413 g/mol. The summed E-state index contributed by atoms with van der Waals surface area (Å²) in [6, 6.07) is 5.88. The van der Waals surface area contributed by atoms with E-state index in [1.54, 1.807) is 12.3 Å². The molecule has 0 aliphatic rings. The molecular formula is C13H9Br2N3O3. The minimum absolute atomic E-state index is 0.164. The molecule has 0 radical (unpaired) electrons. The number of nitrogens with one attached hydrogen (secondary N) is 1. The van der Waals surface area contributed by atoms with Crippen LogP contribution >= 0.6 is 31.9 Å². The fourth-order valence-corrected chi connectivity index (χ4v) is 2.20. The van der Waals surface area contributed by atoms with Crippen LogP contribution in [-0.2, 0) is 0 Å². The Balaban J connectivity index is 2.26. The Morgan fingerprint density at radius 3 is 2.62 bits per heavy atom. The van der Waals surface area contributed by atoms with Crippen LogP contribution < -0.4 is 5.32 Å². The van der Waals surface area contributed by atoms with E-state index in [0.29, 0.717) is 10.3 Å². The number of aryl methyl sites for hydroxylation is 1. The fourth-order valence-electron chi connectivity index (χ4n) is 1.59. The number of hydrogen-bond donors (Lipinski definition) is 1. The van der Waals surface area contributed by atoms with Crippen LogP contribution in [0.25, 0.3) is 0 Å². The van der Waals surface area contributed by atoms with Gasteiger partial charge in [-0.2, -0.15) is 0 Å². The van der Waals surface area contributed by atoms with Gasteiger partial charge in [-0.05, 0) is 62.5 Å². The summed E-state index contributed by atoms with van der Waals surface area (Å²) in [4.78, 5) is 26.5. The Morgan fingerprint density at radius 2 is 2.00 bits per heavy atom. The zero-order chi connectivity index (χ0) is 15.6. The van der Waals surface area contributed by atoms with Gasteiger partial charge in [-0.1, -0.05) is 0 Å². The molecule has 6 nitrogen and oxygen atoms in total. The molecule has 1 N–H and O–H groups in total. The van der Waals surface area contributed by atoms with Crippen molar-refractivity contribution in [1.29, 1.82) is 0 Å². The van der Waals surface area contributed by atoms with Crippen molar-refractivity contribution in [2.45, 2.75) is 6.92 Å². The molecule has 0 saturated heterocycles. The highest BCUT2D eigenvalue weighted by molar-refractivity contribution is 9.10. The van der Waals surface area contributed by atoms with Crippen LogP contribution in [-0.4, -0.2) is 15.8 Å². The first-order chi connectivity index (χ1) is 9.88. The summed E-state index contributed by atoms with van der Waals surface area (Å²) in [5, 5.41) is 13.5. The van der Waals surface area contributed by atoms with Crippen LogP contribution in [0.4, 0.5) is 11.5 Å². The first kappa shape index (κ1) is 15.6. The van der Waals surface area contributed by atoms with E-state index in [9.17, 15) is 14.9 Å². The number of carbonyl (C=O) groups is 1. The molecule has 0 aliphatic heterocycles. The number of pyridine rings is 1. The summed E-state index contributed by atoms with van der Waals surface area (Å²) in [5.74, 6) is -0.0777. The van der Waals surface area contributed by atoms with Gasteiger partial charge in [0.15, 0.2) is 0 Å². The smallest absolute Gasteiger partial charge is 0.284 e. The number of hydrogen-bond acceptors (Lipinski definition) is 4. The number of anilines is 1. The normalized spacial score (nSPS) is 10.2. The van der Waals surface area contributed by atoms with Gasteiger partial charge in [0, 0.05) is 22.3 Å². The molecule has 1 aromatic heterocycles. The maximum Gasteiger partial charge on any atom is 0.284 e. The van der Waals surface area contributed by atoms with E-state index in [2.05, 4.69) is 42.2 Å². The van der Waals surface area contributed by atoms with Gasteiger partial charge in [0.25, 0.3) is 11.6 Å². The minimum atomic E-state index is -0.553. The van der Waals surface area contributed by atoms with Crippen LogP contribution in [0.15, 0.2) is 39.4 Å². The van der Waals surface area contributed by atoms with Crippen molar-refractivity contribution in [3.8, 4) is 0 Å². The highest BCUT2D eigenvalue weighted by atomic mass is 79.9. The standard InChI is InChI=1S/C13H9Br2N3O3/c1-7-4-12(16-6-10(7)15)17-13(19)8-2-3-9(14)11(5-8)18(20)21/h2-6H,1H3,(H,16,17,19). The molecule has 2 aromatic rings. The lowest BCUT2D eigenvalue weighted by Crippen LogP contribution is -2.13. The molecule has 1 aromatic carbocycles. The zero-order valence-electron chi connectivity index (χ0n) is 10.8. The number of nitro benzene ring substituents is 1. The van der Waals surface area contributed by atoms with Crippen molar-refractivity contribution < 1.29 is 9.72 Å². The fraction of sp³-hybridized carbons (Fsp3) is 0.0769. The lowest BCUT2D eigenvalue weighted by Gasteiger charge is -2.06. The van der Waals surface area contributed by atoms with E-state index < -0.39 is 10.8 Å². The quantitative estimate of drug-likeness (QED) is 0.605. The Bertz CT molecular complexity index is 735. The topological polar surface area (TPSA) is 85.1 Å². The lowest BCUT2D eigenvalue weighted by atomic mass is 10.2. The minimum Gasteiger partial charge on any atom is -0.307 e. The highest BCUT2D eigenvalue weighted by Gasteiger charge is 2.16. The van der Waals surface area contributed by atoms with E-state index in [0.717, 1.165) is 10.0 Å². The molecular weight excluding hydrogens is 406 g/mol. The van der Waals surface area contributed by atoms with Gasteiger partial charge in [-0.25, -0.2) is 4.98 Å². The first-order valence-corrected chi connectivity index (χ1v) is 7.34. The Kier molecular flexibility index (Phi) is 4.69. The average Bonchev–Trinajstić information content (AvgIpc) is 2.43. The number of carbonyl (C=O) groups excluding carboxylic acids is 1. The van der Waals surface area contributed by atoms with E-state index in [1.807, 2.05) is 6.92 Å². The van der Waals surface area contributed by atoms with E-state index in [-0.39, 0.29) is 11.3 Å². The third-order valence-corrected chi connectivity index (χ3v) is 4.19. The van der Waals surface area contributed by atoms with Gasteiger partial charge in [0.1, 0.15) is 5.82 Å². The maximum absolute atomic E-state index is 12.1. The molecule has 21 heavy (non-hydrogen) atoms. The van der Waals surface area contributed by atoms with Crippen LogP contribution in [0.5, 0.6) is 0 Å². The molecule has 108 valence electrons. The Morgan fingerprint density at radius 1 is 1.29 bits per heavy atom. The number of nitro groups is 1. The highest BCUT2D eigenvalue weighted by Crippen LogP contribution is 2.26. The number of rotatable bonds is 3. The van der Waals surface area contributed by atoms with Crippen molar-refractivity contribution in [3.63, 3.8) is 0 Å². The summed E-state index contributed by atoms with van der Waals surface area (Å²) in [6.45, 7) is 1.87. The summed E-state index contributed by atoms with van der Waals surface area (Å²) < 4.78 is 1.15. The number of benzene rings is 1. The van der Waals surface area contributed by atoms with Crippen molar-refractivity contribution in [3.05, 3.63) is 60.6 Å². The molecule has 0 spiro atoms. The van der Waals surface area contributed by atoms with Crippen LogP contribution in [0.2, 0.25) is 0 Å². The van der Waals surface area contributed by atoms with Crippen molar-refractivity contribution in [2.24, 2.45) is 0 Å². The molecule has 0 bridgehead atoms. The molecule has 0 fully saturated rings. The molecule has 2 rings (SSSR count). The maximum atomic E-state index is 12.1. The van der Waals surface area contributed by atoms with Crippen molar-refractivity contribution >= 4 is 49.3 Å². The molecule has 0 unspecified atom stereocenters.